The molecule has 3 N–H and O–H groups in total. The number of ether oxygens (including phenoxy) is 1. The molecule has 3 nitrogen and oxygen atoms in total. The highest BCUT2D eigenvalue weighted by molar-refractivity contribution is 5.44. The van der Waals surface area contributed by atoms with Crippen LogP contribution in [0.4, 0.5) is 0 Å². The van der Waals surface area contributed by atoms with E-state index in [1.54, 1.807) is 0 Å². The van der Waals surface area contributed by atoms with Gasteiger partial charge in [-0.2, -0.15) is 0 Å². The Bertz CT molecular complexity index is 640. The summed E-state index contributed by atoms with van der Waals surface area (Å²) in [6.45, 7) is 6.99. The predicted molar refractivity (Wildman–Crippen MR) is 99.2 cm³/mol. The molecule has 1 heterocycles. The first-order chi connectivity index (χ1) is 11.6. The number of aryl methyl sites for hydroxylation is 2. The van der Waals surface area contributed by atoms with E-state index in [1.807, 2.05) is 18.2 Å². The summed E-state index contributed by atoms with van der Waals surface area (Å²) < 4.78 is 6.08. The number of piperidine rings is 1. The van der Waals surface area contributed by atoms with Gasteiger partial charge in [0.25, 0.3) is 0 Å². The van der Waals surface area contributed by atoms with Gasteiger partial charge >= 0.3 is 0 Å². The van der Waals surface area contributed by atoms with Gasteiger partial charge in [0.15, 0.2) is 0 Å². The molecule has 1 aliphatic heterocycles. The summed E-state index contributed by atoms with van der Waals surface area (Å²) in [5, 5.41) is 3.41. The van der Waals surface area contributed by atoms with Crippen molar-refractivity contribution in [3.05, 3.63) is 64.7 Å². The third-order valence-corrected chi connectivity index (χ3v) is 4.99. The molecule has 1 saturated heterocycles. The summed E-state index contributed by atoms with van der Waals surface area (Å²) in [7, 11) is 0. The fourth-order valence-electron chi connectivity index (χ4n) is 3.61. The van der Waals surface area contributed by atoms with Crippen LogP contribution in [0.25, 0.3) is 0 Å². The van der Waals surface area contributed by atoms with Crippen molar-refractivity contribution in [3.63, 3.8) is 0 Å². The Balaban J connectivity index is 1.73. The number of hydrogen-bond donors (Lipinski definition) is 2. The topological polar surface area (TPSA) is 47.3 Å². The van der Waals surface area contributed by atoms with Crippen molar-refractivity contribution in [2.45, 2.75) is 39.3 Å². The number of hydrogen-bond acceptors (Lipinski definition) is 3. The summed E-state index contributed by atoms with van der Waals surface area (Å²) in [6.07, 6.45) is 2.32. The van der Waals surface area contributed by atoms with Crippen molar-refractivity contribution in [2.24, 2.45) is 11.7 Å². The fourth-order valence-corrected chi connectivity index (χ4v) is 3.61. The maximum atomic E-state index is 6.55. The number of benzene rings is 2. The van der Waals surface area contributed by atoms with Crippen LogP contribution in [0.15, 0.2) is 42.5 Å². The molecule has 0 radical (unpaired) electrons. The maximum absolute atomic E-state index is 6.55. The van der Waals surface area contributed by atoms with Gasteiger partial charge in [0.2, 0.25) is 0 Å². The molecular weight excluding hydrogens is 296 g/mol. The fraction of sp³-hybridized carbons (Fsp3) is 0.429. The molecule has 24 heavy (non-hydrogen) atoms. The van der Waals surface area contributed by atoms with Gasteiger partial charge < -0.3 is 15.8 Å². The molecule has 0 aromatic heterocycles. The van der Waals surface area contributed by atoms with Crippen molar-refractivity contribution >= 4 is 0 Å². The van der Waals surface area contributed by atoms with Gasteiger partial charge in [0.1, 0.15) is 12.4 Å². The molecule has 0 spiro atoms. The Kier molecular flexibility index (Phi) is 5.54. The van der Waals surface area contributed by atoms with Crippen molar-refractivity contribution in [2.75, 3.05) is 13.1 Å². The third kappa shape index (κ3) is 3.97. The van der Waals surface area contributed by atoms with Gasteiger partial charge in [0.05, 0.1) is 0 Å². The molecule has 0 unspecified atom stereocenters. The van der Waals surface area contributed by atoms with Gasteiger partial charge in [-0.05, 0) is 68.0 Å². The second-order valence-electron chi connectivity index (χ2n) is 6.87. The lowest BCUT2D eigenvalue weighted by molar-refractivity contribution is 0.300. The highest BCUT2D eigenvalue weighted by atomic mass is 16.5. The standard InChI is InChI=1S/C21H28N2O/c1-15-12-19(20(22)18-8-10-23-11-9-18)13-16(2)21(15)24-14-17-6-4-3-5-7-17/h3-7,12-13,18,20,23H,8-11,14,22H2,1-2H3/t20-/m1/s1. The predicted octanol–water partition coefficient (Wildman–Crippen LogP) is 3.88. The van der Waals surface area contributed by atoms with E-state index in [9.17, 15) is 0 Å². The zero-order valence-electron chi connectivity index (χ0n) is 14.7. The van der Waals surface area contributed by atoms with E-state index in [0.717, 1.165) is 31.7 Å². The molecule has 1 fully saturated rings. The van der Waals surface area contributed by atoms with Crippen LogP contribution >= 0.6 is 0 Å². The van der Waals surface area contributed by atoms with E-state index >= 15 is 0 Å². The zero-order chi connectivity index (χ0) is 16.9. The molecule has 2 aromatic rings. The lowest BCUT2D eigenvalue weighted by Crippen LogP contribution is -2.33. The summed E-state index contributed by atoms with van der Waals surface area (Å²) in [5.41, 5.74) is 11.3. The number of rotatable bonds is 5. The Morgan fingerprint density at radius 2 is 1.71 bits per heavy atom. The largest absolute Gasteiger partial charge is 0.488 e. The van der Waals surface area contributed by atoms with E-state index in [0.29, 0.717) is 12.5 Å². The Morgan fingerprint density at radius 3 is 2.33 bits per heavy atom. The van der Waals surface area contributed by atoms with Gasteiger partial charge in [-0.3, -0.25) is 0 Å². The average Bonchev–Trinajstić information content (AvgIpc) is 2.62. The maximum Gasteiger partial charge on any atom is 0.125 e. The first kappa shape index (κ1) is 17.0. The van der Waals surface area contributed by atoms with Crippen LogP contribution in [-0.2, 0) is 6.61 Å². The second kappa shape index (κ2) is 7.82. The molecule has 3 rings (SSSR count). The molecule has 3 heteroatoms. The SMILES string of the molecule is Cc1cc([C@H](N)C2CCNCC2)cc(C)c1OCc1ccccc1. The third-order valence-electron chi connectivity index (χ3n) is 4.99. The molecule has 0 saturated carbocycles. The van der Waals surface area contributed by atoms with Crippen LogP contribution in [0.2, 0.25) is 0 Å². The van der Waals surface area contributed by atoms with Crippen molar-refractivity contribution in [1.82, 2.24) is 5.32 Å². The Labute approximate surface area is 145 Å². The molecule has 0 aliphatic carbocycles. The lowest BCUT2D eigenvalue weighted by Gasteiger charge is -2.29. The van der Waals surface area contributed by atoms with Gasteiger partial charge in [-0.15, -0.1) is 0 Å². The normalized spacial score (nSPS) is 16.8. The summed E-state index contributed by atoms with van der Waals surface area (Å²) in [4.78, 5) is 0. The van der Waals surface area contributed by atoms with Gasteiger partial charge in [-0.1, -0.05) is 42.5 Å². The van der Waals surface area contributed by atoms with Crippen LogP contribution in [-0.4, -0.2) is 13.1 Å². The number of nitrogens with one attached hydrogen (secondary N) is 1. The Morgan fingerprint density at radius 1 is 1.08 bits per heavy atom. The summed E-state index contributed by atoms with van der Waals surface area (Å²) in [5.74, 6) is 1.56. The van der Waals surface area contributed by atoms with Crippen LogP contribution in [0, 0.1) is 19.8 Å². The minimum absolute atomic E-state index is 0.118. The van der Waals surface area contributed by atoms with Crippen molar-refractivity contribution in [3.8, 4) is 5.75 Å². The molecular formula is C21H28N2O. The molecule has 0 bridgehead atoms. The lowest BCUT2D eigenvalue weighted by atomic mass is 9.85. The average molecular weight is 324 g/mol. The van der Waals surface area contributed by atoms with Crippen molar-refractivity contribution in [1.29, 1.82) is 0 Å². The highest BCUT2D eigenvalue weighted by Gasteiger charge is 2.22. The molecule has 1 aliphatic rings. The number of nitrogens with two attached hydrogens (primary N) is 1. The first-order valence-corrected chi connectivity index (χ1v) is 8.89. The molecule has 128 valence electrons. The van der Waals surface area contributed by atoms with Gasteiger partial charge in [-0.25, -0.2) is 0 Å². The van der Waals surface area contributed by atoms with E-state index in [4.69, 9.17) is 10.5 Å². The summed E-state index contributed by atoms with van der Waals surface area (Å²) in [6, 6.07) is 14.8. The van der Waals surface area contributed by atoms with Gasteiger partial charge in [0, 0.05) is 6.04 Å². The van der Waals surface area contributed by atoms with E-state index < -0.39 is 0 Å². The van der Waals surface area contributed by atoms with Crippen LogP contribution in [0.5, 0.6) is 5.75 Å². The molecule has 0 amide bonds. The van der Waals surface area contributed by atoms with Crippen LogP contribution < -0.4 is 15.8 Å². The minimum Gasteiger partial charge on any atom is -0.488 e. The summed E-state index contributed by atoms with van der Waals surface area (Å²) >= 11 is 0. The highest BCUT2D eigenvalue weighted by Crippen LogP contribution is 2.32. The Hall–Kier alpha value is -1.84. The first-order valence-electron chi connectivity index (χ1n) is 8.89. The van der Waals surface area contributed by atoms with E-state index in [-0.39, 0.29) is 6.04 Å². The van der Waals surface area contributed by atoms with Crippen molar-refractivity contribution < 1.29 is 4.74 Å². The van der Waals surface area contributed by atoms with E-state index in [2.05, 4.69) is 43.4 Å². The molecule has 1 atom stereocenters. The molecule has 2 aromatic carbocycles. The minimum atomic E-state index is 0.118. The van der Waals surface area contributed by atoms with E-state index in [1.165, 1.54) is 22.3 Å². The zero-order valence-corrected chi connectivity index (χ0v) is 14.7. The van der Waals surface area contributed by atoms with Crippen LogP contribution in [0.1, 0.15) is 41.1 Å². The smallest absolute Gasteiger partial charge is 0.125 e. The quantitative estimate of drug-likeness (QED) is 0.877. The van der Waals surface area contributed by atoms with Crippen LogP contribution in [0.3, 0.4) is 0 Å². The second-order valence-corrected chi connectivity index (χ2v) is 6.87. The monoisotopic (exact) mass is 324 g/mol.